The number of fused-ring (bicyclic) bond motifs is 12. The van der Waals surface area contributed by atoms with Crippen LogP contribution in [0.4, 0.5) is 17.3 Å². The first-order valence-electron chi connectivity index (χ1n) is 19.4. The zero-order valence-corrected chi connectivity index (χ0v) is 30.8. The second-order valence-corrected chi connectivity index (χ2v) is 14.9. The van der Waals surface area contributed by atoms with Gasteiger partial charge in [-0.1, -0.05) is 170 Å². The van der Waals surface area contributed by atoms with Crippen molar-refractivity contribution in [2.24, 2.45) is 0 Å². The Morgan fingerprint density at radius 2 is 0.930 bits per heavy atom. The molecule has 0 atom stereocenters. The lowest BCUT2D eigenvalue weighted by atomic mass is 9.64. The van der Waals surface area contributed by atoms with Crippen molar-refractivity contribution in [3.63, 3.8) is 0 Å². The van der Waals surface area contributed by atoms with Crippen LogP contribution < -0.4 is 4.90 Å². The molecular formula is C53H33N3O. The summed E-state index contributed by atoms with van der Waals surface area (Å²) >= 11 is 0. The monoisotopic (exact) mass is 727 g/mol. The molecule has 4 nitrogen and oxygen atoms in total. The average Bonchev–Trinajstić information content (AvgIpc) is 3.81. The van der Waals surface area contributed by atoms with E-state index < -0.39 is 5.41 Å². The summed E-state index contributed by atoms with van der Waals surface area (Å²) in [5, 5.41) is 2.26. The molecule has 1 aliphatic heterocycles. The van der Waals surface area contributed by atoms with Crippen LogP contribution in [0.15, 0.2) is 205 Å². The van der Waals surface area contributed by atoms with Gasteiger partial charge >= 0.3 is 0 Å². The molecule has 1 aliphatic carbocycles. The van der Waals surface area contributed by atoms with E-state index >= 15 is 0 Å². The number of hydrogen-bond donors (Lipinski definition) is 0. The maximum atomic E-state index is 6.54. The van der Waals surface area contributed by atoms with Crippen molar-refractivity contribution in [3.05, 3.63) is 222 Å². The van der Waals surface area contributed by atoms with Gasteiger partial charge in [0.25, 0.3) is 0 Å². The second kappa shape index (κ2) is 12.2. The molecule has 0 saturated carbocycles. The molecule has 10 aromatic rings. The van der Waals surface area contributed by atoms with Gasteiger partial charge in [-0.05, 0) is 69.3 Å². The SMILES string of the molecule is c1ccc(-c2cc(-c3ccccc3)nc(N3c4ccccc4C4(c5ccccc5-c5cc(-c6cccc7c6oc6ccccc67)ccc54)c4ccccc43)n2)cc1. The van der Waals surface area contributed by atoms with E-state index in [0.717, 1.165) is 67.0 Å². The molecule has 0 unspecified atom stereocenters. The van der Waals surface area contributed by atoms with Crippen LogP contribution >= 0.6 is 0 Å². The minimum atomic E-state index is -0.585. The topological polar surface area (TPSA) is 42.2 Å². The van der Waals surface area contributed by atoms with Crippen molar-refractivity contribution in [1.82, 2.24) is 9.97 Å². The molecule has 266 valence electrons. The van der Waals surface area contributed by atoms with Crippen LogP contribution in [0.25, 0.3) is 66.7 Å². The summed E-state index contributed by atoms with van der Waals surface area (Å²) < 4.78 is 6.54. The van der Waals surface area contributed by atoms with Crippen LogP contribution in [0, 0.1) is 0 Å². The molecule has 0 fully saturated rings. The summed E-state index contributed by atoms with van der Waals surface area (Å²) in [6, 6.07) is 71.3. The molecule has 0 bridgehead atoms. The Balaban J connectivity index is 1.10. The molecule has 2 aromatic heterocycles. The molecular weight excluding hydrogens is 695 g/mol. The maximum Gasteiger partial charge on any atom is 0.235 e. The highest BCUT2D eigenvalue weighted by Crippen LogP contribution is 2.63. The average molecular weight is 728 g/mol. The molecule has 0 saturated heterocycles. The van der Waals surface area contributed by atoms with Crippen molar-refractivity contribution >= 4 is 39.3 Å². The third-order valence-corrected chi connectivity index (χ3v) is 11.9. The van der Waals surface area contributed by atoms with Crippen LogP contribution in [0.3, 0.4) is 0 Å². The molecule has 8 aromatic carbocycles. The van der Waals surface area contributed by atoms with Crippen molar-refractivity contribution in [3.8, 4) is 44.8 Å². The lowest BCUT2D eigenvalue weighted by Gasteiger charge is -2.44. The molecule has 0 N–H and O–H groups in total. The highest BCUT2D eigenvalue weighted by atomic mass is 16.3. The van der Waals surface area contributed by atoms with Gasteiger partial charge in [-0.25, -0.2) is 9.97 Å². The first-order valence-corrected chi connectivity index (χ1v) is 19.4. The van der Waals surface area contributed by atoms with Crippen LogP contribution in [-0.2, 0) is 5.41 Å². The smallest absolute Gasteiger partial charge is 0.235 e. The Morgan fingerprint density at radius 1 is 0.386 bits per heavy atom. The highest BCUT2D eigenvalue weighted by Gasteiger charge is 2.52. The van der Waals surface area contributed by atoms with Crippen LogP contribution in [0.5, 0.6) is 0 Å². The number of rotatable bonds is 4. The number of benzene rings is 8. The number of aromatic nitrogens is 2. The Labute approximate surface area is 330 Å². The number of hydrogen-bond acceptors (Lipinski definition) is 4. The number of anilines is 3. The van der Waals surface area contributed by atoms with Crippen LogP contribution in [0.1, 0.15) is 22.3 Å². The number of para-hydroxylation sites is 4. The summed E-state index contributed by atoms with van der Waals surface area (Å²) in [4.78, 5) is 13.0. The molecule has 3 heterocycles. The highest BCUT2D eigenvalue weighted by molar-refractivity contribution is 6.10. The van der Waals surface area contributed by atoms with E-state index in [1.165, 1.54) is 33.4 Å². The van der Waals surface area contributed by atoms with Gasteiger partial charge in [0.2, 0.25) is 5.95 Å². The molecule has 12 rings (SSSR count). The number of nitrogens with zero attached hydrogens (tertiary/aromatic N) is 3. The number of furan rings is 1. The van der Waals surface area contributed by atoms with Gasteiger partial charge in [0.05, 0.1) is 28.2 Å². The van der Waals surface area contributed by atoms with Gasteiger partial charge in [0, 0.05) is 27.5 Å². The van der Waals surface area contributed by atoms with E-state index in [1.54, 1.807) is 0 Å². The predicted octanol–water partition coefficient (Wildman–Crippen LogP) is 13.5. The van der Waals surface area contributed by atoms with E-state index in [1.807, 2.05) is 18.2 Å². The molecule has 57 heavy (non-hydrogen) atoms. The van der Waals surface area contributed by atoms with E-state index in [9.17, 15) is 0 Å². The first-order chi connectivity index (χ1) is 28.3. The summed E-state index contributed by atoms with van der Waals surface area (Å²) in [6.07, 6.45) is 0. The minimum absolute atomic E-state index is 0.585. The van der Waals surface area contributed by atoms with Gasteiger partial charge in [0.15, 0.2) is 0 Å². The molecule has 4 heteroatoms. The molecule has 2 aliphatic rings. The molecule has 1 spiro atoms. The minimum Gasteiger partial charge on any atom is -0.455 e. The van der Waals surface area contributed by atoms with E-state index in [4.69, 9.17) is 14.4 Å². The predicted molar refractivity (Wildman–Crippen MR) is 231 cm³/mol. The third-order valence-electron chi connectivity index (χ3n) is 11.9. The van der Waals surface area contributed by atoms with Gasteiger partial charge < -0.3 is 4.42 Å². The Morgan fingerprint density at radius 3 is 1.63 bits per heavy atom. The lowest BCUT2D eigenvalue weighted by Crippen LogP contribution is -2.36. The van der Waals surface area contributed by atoms with Gasteiger partial charge in [0.1, 0.15) is 11.2 Å². The van der Waals surface area contributed by atoms with E-state index in [2.05, 4.69) is 187 Å². The standard InChI is InChI=1S/C53H33N3O/c1-3-16-34(17-4-1)46-33-47(35-18-5-2-6-19-35)55-52(54-46)56-48-27-12-10-25-44(48)53(45-26-11-13-28-49(45)56)42-24-9-7-20-38(42)41-32-36(30-31-43(41)53)37-22-15-23-40-39-21-8-14-29-50(39)57-51(37)40/h1-33H. The quantitative estimate of drug-likeness (QED) is 0.181. The Hall–Kier alpha value is -7.56. The summed E-state index contributed by atoms with van der Waals surface area (Å²) in [5.74, 6) is 0.630. The van der Waals surface area contributed by atoms with Gasteiger partial charge in [-0.15, -0.1) is 0 Å². The Kier molecular flexibility index (Phi) is 6.81. The first kappa shape index (κ1) is 31.8. The molecule has 0 radical (unpaired) electrons. The van der Waals surface area contributed by atoms with Crippen molar-refractivity contribution in [2.45, 2.75) is 5.41 Å². The zero-order chi connectivity index (χ0) is 37.5. The fraction of sp³-hybridized carbons (Fsp3) is 0.0189. The van der Waals surface area contributed by atoms with Crippen molar-refractivity contribution in [2.75, 3.05) is 4.90 Å². The zero-order valence-electron chi connectivity index (χ0n) is 30.8. The molecule has 0 amide bonds. The van der Waals surface area contributed by atoms with E-state index in [-0.39, 0.29) is 0 Å². The van der Waals surface area contributed by atoms with Gasteiger partial charge in [-0.2, -0.15) is 0 Å². The summed E-state index contributed by atoms with van der Waals surface area (Å²) in [5.41, 5.74) is 16.8. The van der Waals surface area contributed by atoms with Gasteiger partial charge in [-0.3, -0.25) is 4.90 Å². The van der Waals surface area contributed by atoms with E-state index in [0.29, 0.717) is 5.95 Å². The fourth-order valence-corrected chi connectivity index (χ4v) is 9.52. The fourth-order valence-electron chi connectivity index (χ4n) is 9.52. The van der Waals surface area contributed by atoms with Crippen LogP contribution in [-0.4, -0.2) is 9.97 Å². The largest absolute Gasteiger partial charge is 0.455 e. The lowest BCUT2D eigenvalue weighted by molar-refractivity contribution is 0.670. The summed E-state index contributed by atoms with van der Waals surface area (Å²) in [7, 11) is 0. The second-order valence-electron chi connectivity index (χ2n) is 14.9. The van der Waals surface area contributed by atoms with Crippen molar-refractivity contribution < 1.29 is 4.42 Å². The maximum absolute atomic E-state index is 6.54. The summed E-state index contributed by atoms with van der Waals surface area (Å²) in [6.45, 7) is 0. The normalized spacial score (nSPS) is 13.4. The van der Waals surface area contributed by atoms with Crippen LogP contribution in [0.2, 0.25) is 0 Å². The Bertz CT molecular complexity index is 3100. The van der Waals surface area contributed by atoms with Crippen molar-refractivity contribution in [1.29, 1.82) is 0 Å². The third kappa shape index (κ3) is 4.56.